The molecular weight excluding hydrogens is 248 g/mol. The molecule has 3 aliphatic rings. The van der Waals surface area contributed by atoms with E-state index in [1.807, 2.05) is 0 Å². The number of rotatable bonds is 5. The van der Waals surface area contributed by atoms with Crippen LogP contribution in [0, 0.1) is 23.7 Å². The molecule has 1 aromatic rings. The maximum atomic E-state index is 4.51. The van der Waals surface area contributed by atoms with Crippen LogP contribution in [0.3, 0.4) is 0 Å². The van der Waals surface area contributed by atoms with Gasteiger partial charge in [-0.2, -0.15) is 0 Å². The zero-order valence-electron chi connectivity index (χ0n) is 12.4. The third kappa shape index (κ3) is 1.73. The van der Waals surface area contributed by atoms with Gasteiger partial charge >= 0.3 is 0 Å². The van der Waals surface area contributed by atoms with Crippen LogP contribution in [0.15, 0.2) is 6.33 Å². The van der Waals surface area contributed by atoms with Crippen molar-refractivity contribution in [2.75, 3.05) is 17.2 Å². The van der Waals surface area contributed by atoms with Gasteiger partial charge in [-0.05, 0) is 56.3 Å². The molecule has 0 aliphatic heterocycles. The van der Waals surface area contributed by atoms with Crippen LogP contribution >= 0.6 is 0 Å². The second-order valence-electron chi connectivity index (χ2n) is 6.59. The van der Waals surface area contributed by atoms with Gasteiger partial charge in [0.15, 0.2) is 0 Å². The van der Waals surface area contributed by atoms with Crippen LogP contribution in [-0.4, -0.2) is 22.6 Å². The summed E-state index contributed by atoms with van der Waals surface area (Å²) in [5.74, 6) is 5.95. The van der Waals surface area contributed by atoms with Gasteiger partial charge in [0.2, 0.25) is 0 Å². The first kappa shape index (κ1) is 12.4. The van der Waals surface area contributed by atoms with Crippen molar-refractivity contribution in [1.82, 2.24) is 9.97 Å². The Morgan fingerprint density at radius 3 is 2.45 bits per heavy atom. The highest BCUT2D eigenvalue weighted by molar-refractivity contribution is 5.58. The van der Waals surface area contributed by atoms with Crippen LogP contribution in [0.25, 0.3) is 0 Å². The molecule has 4 nitrogen and oxygen atoms in total. The molecule has 0 amide bonds. The van der Waals surface area contributed by atoms with E-state index in [2.05, 4.69) is 34.4 Å². The SMILES string of the molecule is CCNc1ncnc(NC2C3C4CCC(C4)C23)c1CC. The molecule has 2 N–H and O–H groups in total. The van der Waals surface area contributed by atoms with Crippen molar-refractivity contribution in [3.8, 4) is 0 Å². The Kier molecular flexibility index (Phi) is 2.86. The summed E-state index contributed by atoms with van der Waals surface area (Å²) in [4.78, 5) is 8.89. The number of anilines is 2. The molecule has 2 bridgehead atoms. The molecule has 4 rings (SSSR count). The Morgan fingerprint density at radius 1 is 1.10 bits per heavy atom. The molecule has 0 spiro atoms. The monoisotopic (exact) mass is 272 g/mol. The van der Waals surface area contributed by atoms with E-state index in [1.165, 1.54) is 24.8 Å². The number of fused-ring (bicyclic) bond motifs is 5. The normalized spacial score (nSPS) is 36.8. The van der Waals surface area contributed by atoms with Crippen molar-refractivity contribution in [3.63, 3.8) is 0 Å². The topological polar surface area (TPSA) is 49.8 Å². The first-order chi connectivity index (χ1) is 9.83. The molecule has 0 radical (unpaired) electrons. The van der Waals surface area contributed by atoms with Gasteiger partial charge in [-0.1, -0.05) is 6.92 Å². The standard InChI is InChI=1S/C16H24N4/c1-3-11-15(17-4-2)18-8-19-16(11)20-14-12-9-5-6-10(7-9)13(12)14/h8-10,12-14H,3-7H2,1-2H3,(H2,17,18,19,20). The van der Waals surface area contributed by atoms with Gasteiger partial charge in [0.05, 0.1) is 0 Å². The lowest BCUT2D eigenvalue weighted by Crippen LogP contribution is -2.16. The lowest BCUT2D eigenvalue weighted by atomic mass is 10.0. The highest BCUT2D eigenvalue weighted by Crippen LogP contribution is 2.66. The molecule has 3 aliphatic carbocycles. The van der Waals surface area contributed by atoms with E-state index in [9.17, 15) is 0 Å². The average Bonchev–Trinajstić information content (AvgIpc) is 2.84. The average molecular weight is 272 g/mol. The fourth-order valence-corrected chi connectivity index (χ4v) is 4.87. The van der Waals surface area contributed by atoms with Crippen LogP contribution in [0.4, 0.5) is 11.6 Å². The molecule has 108 valence electrons. The largest absolute Gasteiger partial charge is 0.370 e. The predicted molar refractivity (Wildman–Crippen MR) is 80.8 cm³/mol. The molecule has 20 heavy (non-hydrogen) atoms. The molecular formula is C16H24N4. The Morgan fingerprint density at radius 2 is 1.80 bits per heavy atom. The lowest BCUT2D eigenvalue weighted by Gasteiger charge is -2.16. The number of hydrogen-bond acceptors (Lipinski definition) is 4. The van der Waals surface area contributed by atoms with E-state index in [4.69, 9.17) is 0 Å². The lowest BCUT2D eigenvalue weighted by molar-refractivity contribution is 0.456. The van der Waals surface area contributed by atoms with E-state index in [1.54, 1.807) is 6.33 Å². The van der Waals surface area contributed by atoms with Gasteiger partial charge in [0.25, 0.3) is 0 Å². The fourth-order valence-electron chi connectivity index (χ4n) is 4.87. The smallest absolute Gasteiger partial charge is 0.134 e. The van der Waals surface area contributed by atoms with Crippen LogP contribution in [0.2, 0.25) is 0 Å². The molecule has 1 aromatic heterocycles. The summed E-state index contributed by atoms with van der Waals surface area (Å²) in [7, 11) is 0. The van der Waals surface area contributed by atoms with Crippen molar-refractivity contribution in [3.05, 3.63) is 11.9 Å². The fraction of sp³-hybridized carbons (Fsp3) is 0.750. The van der Waals surface area contributed by atoms with Gasteiger partial charge in [0, 0.05) is 18.2 Å². The summed E-state index contributed by atoms with van der Waals surface area (Å²) in [5.41, 5.74) is 1.24. The third-order valence-electron chi connectivity index (χ3n) is 5.68. The maximum absolute atomic E-state index is 4.51. The molecule has 1 heterocycles. The Labute approximate surface area is 120 Å². The Balaban J connectivity index is 1.53. The van der Waals surface area contributed by atoms with E-state index < -0.39 is 0 Å². The van der Waals surface area contributed by atoms with Gasteiger partial charge < -0.3 is 10.6 Å². The molecule has 0 saturated heterocycles. The number of nitrogens with zero attached hydrogens (tertiary/aromatic N) is 2. The number of hydrogen-bond donors (Lipinski definition) is 2. The summed E-state index contributed by atoms with van der Waals surface area (Å²) in [5, 5.41) is 7.10. The Bertz CT molecular complexity index is 499. The highest BCUT2D eigenvalue weighted by Gasteiger charge is 2.65. The van der Waals surface area contributed by atoms with Crippen LogP contribution in [0.1, 0.15) is 38.7 Å². The van der Waals surface area contributed by atoms with Crippen molar-refractivity contribution in [2.45, 2.75) is 45.6 Å². The molecule has 3 fully saturated rings. The summed E-state index contributed by atoms with van der Waals surface area (Å²) in [6, 6.07) is 0.691. The van der Waals surface area contributed by atoms with Crippen LogP contribution in [-0.2, 0) is 6.42 Å². The summed E-state index contributed by atoms with van der Waals surface area (Å²) < 4.78 is 0. The van der Waals surface area contributed by atoms with Crippen LogP contribution < -0.4 is 10.6 Å². The maximum Gasteiger partial charge on any atom is 0.134 e. The summed E-state index contributed by atoms with van der Waals surface area (Å²) in [6.07, 6.45) is 7.10. The number of aromatic nitrogens is 2. The van der Waals surface area contributed by atoms with E-state index in [0.717, 1.165) is 48.3 Å². The molecule has 3 saturated carbocycles. The van der Waals surface area contributed by atoms with Crippen molar-refractivity contribution in [2.24, 2.45) is 23.7 Å². The minimum Gasteiger partial charge on any atom is -0.370 e. The number of nitrogens with one attached hydrogen (secondary N) is 2. The predicted octanol–water partition coefficient (Wildman–Crippen LogP) is 2.93. The van der Waals surface area contributed by atoms with Gasteiger partial charge in [-0.3, -0.25) is 0 Å². The molecule has 4 heteroatoms. The molecule has 4 atom stereocenters. The zero-order chi connectivity index (χ0) is 13.7. The second-order valence-corrected chi connectivity index (χ2v) is 6.59. The minimum absolute atomic E-state index is 0.691. The van der Waals surface area contributed by atoms with E-state index >= 15 is 0 Å². The first-order valence-corrected chi connectivity index (χ1v) is 8.17. The zero-order valence-corrected chi connectivity index (χ0v) is 12.4. The van der Waals surface area contributed by atoms with Crippen molar-refractivity contribution >= 4 is 11.6 Å². The van der Waals surface area contributed by atoms with Crippen molar-refractivity contribution < 1.29 is 0 Å². The third-order valence-corrected chi connectivity index (χ3v) is 5.68. The molecule has 0 aromatic carbocycles. The molecule has 4 unspecified atom stereocenters. The van der Waals surface area contributed by atoms with E-state index in [0.29, 0.717) is 6.04 Å². The van der Waals surface area contributed by atoms with Gasteiger partial charge in [0.1, 0.15) is 18.0 Å². The minimum atomic E-state index is 0.691. The van der Waals surface area contributed by atoms with Crippen LogP contribution in [0.5, 0.6) is 0 Å². The van der Waals surface area contributed by atoms with Gasteiger partial charge in [-0.15, -0.1) is 0 Å². The van der Waals surface area contributed by atoms with E-state index in [-0.39, 0.29) is 0 Å². The van der Waals surface area contributed by atoms with Crippen molar-refractivity contribution in [1.29, 1.82) is 0 Å². The highest BCUT2D eigenvalue weighted by atomic mass is 15.1. The summed E-state index contributed by atoms with van der Waals surface area (Å²) in [6.45, 7) is 5.20. The second kappa shape index (κ2) is 4.61. The Hall–Kier alpha value is -1.32. The first-order valence-electron chi connectivity index (χ1n) is 8.17. The van der Waals surface area contributed by atoms with Gasteiger partial charge in [-0.25, -0.2) is 9.97 Å². The summed E-state index contributed by atoms with van der Waals surface area (Å²) >= 11 is 0. The quantitative estimate of drug-likeness (QED) is 0.865.